The molecule has 0 saturated heterocycles. The monoisotopic (exact) mass is 199 g/mol. The Kier molecular flexibility index (Phi) is 3.57. The van der Waals surface area contributed by atoms with E-state index in [0.717, 1.165) is 5.56 Å². The number of benzene rings is 1. The zero-order chi connectivity index (χ0) is 9.68. The Morgan fingerprint density at radius 2 is 2.23 bits per heavy atom. The van der Waals surface area contributed by atoms with Crippen LogP contribution in [0.2, 0.25) is 0 Å². The third kappa shape index (κ3) is 3.33. The summed E-state index contributed by atoms with van der Waals surface area (Å²) in [5.41, 5.74) is 11.2. The number of halogens is 1. The molecule has 1 aromatic carbocycles. The van der Waals surface area contributed by atoms with E-state index in [2.05, 4.69) is 4.99 Å². The first-order valence-electron chi connectivity index (χ1n) is 3.65. The van der Waals surface area contributed by atoms with Gasteiger partial charge in [0.1, 0.15) is 0 Å². The number of hydrogen-bond acceptors (Lipinski definition) is 2. The van der Waals surface area contributed by atoms with Crippen LogP contribution < -0.4 is 11.5 Å². The third-order valence-corrected chi connectivity index (χ3v) is 1.86. The highest BCUT2D eigenvalue weighted by molar-refractivity contribution is 7.94. The maximum atomic E-state index is 12.1. The highest BCUT2D eigenvalue weighted by atomic mass is 32.2. The van der Waals surface area contributed by atoms with Gasteiger partial charge >= 0.3 is 0 Å². The van der Waals surface area contributed by atoms with E-state index in [4.69, 9.17) is 11.5 Å². The molecule has 5 heteroatoms. The molecule has 1 rings (SSSR count). The molecule has 70 valence electrons. The highest BCUT2D eigenvalue weighted by Crippen LogP contribution is 2.19. The van der Waals surface area contributed by atoms with Crippen molar-refractivity contribution in [1.82, 2.24) is 0 Å². The van der Waals surface area contributed by atoms with Crippen molar-refractivity contribution in [2.45, 2.75) is 11.4 Å². The van der Waals surface area contributed by atoms with Crippen molar-refractivity contribution in [2.75, 3.05) is 0 Å². The average Bonchev–Trinajstić information content (AvgIpc) is 2.15. The normalized spacial score (nSPS) is 9.62. The van der Waals surface area contributed by atoms with E-state index in [9.17, 15) is 3.89 Å². The van der Waals surface area contributed by atoms with Crippen LogP contribution in [0.5, 0.6) is 0 Å². The molecule has 0 fully saturated rings. The summed E-state index contributed by atoms with van der Waals surface area (Å²) >= 11 is 0.206. The van der Waals surface area contributed by atoms with Crippen molar-refractivity contribution < 1.29 is 3.89 Å². The molecule has 0 heterocycles. The van der Waals surface area contributed by atoms with Gasteiger partial charge in [-0.1, -0.05) is 12.1 Å². The molecule has 0 atom stereocenters. The van der Waals surface area contributed by atoms with Crippen molar-refractivity contribution >= 4 is 18.1 Å². The lowest BCUT2D eigenvalue weighted by molar-refractivity contribution is 0.932. The number of nitrogens with zero attached hydrogens (tertiary/aromatic N) is 1. The largest absolute Gasteiger partial charge is 0.370 e. The van der Waals surface area contributed by atoms with Crippen molar-refractivity contribution in [3.05, 3.63) is 29.8 Å². The van der Waals surface area contributed by atoms with Crippen LogP contribution in [-0.2, 0) is 6.54 Å². The average molecular weight is 199 g/mol. The first kappa shape index (κ1) is 9.85. The van der Waals surface area contributed by atoms with Gasteiger partial charge in [-0.15, -0.1) is 0 Å². The summed E-state index contributed by atoms with van der Waals surface area (Å²) in [6, 6.07) is 6.99. The molecule has 1 aromatic rings. The van der Waals surface area contributed by atoms with Gasteiger partial charge in [0.15, 0.2) is 5.96 Å². The quantitative estimate of drug-likeness (QED) is 0.572. The van der Waals surface area contributed by atoms with Crippen LogP contribution in [0.1, 0.15) is 5.56 Å². The van der Waals surface area contributed by atoms with Gasteiger partial charge in [-0.25, -0.2) is 4.99 Å². The summed E-state index contributed by atoms with van der Waals surface area (Å²) < 4.78 is 12.1. The molecule has 0 aliphatic rings. The fourth-order valence-electron chi connectivity index (χ4n) is 0.874. The topological polar surface area (TPSA) is 64.4 Å². The Morgan fingerprint density at radius 3 is 2.85 bits per heavy atom. The molecule has 0 amide bonds. The zero-order valence-electron chi connectivity index (χ0n) is 6.90. The molecular formula is C8H10FN3S. The highest BCUT2D eigenvalue weighted by Gasteiger charge is 1.95. The maximum absolute atomic E-state index is 12.1. The van der Waals surface area contributed by atoms with E-state index in [1.807, 2.05) is 6.07 Å². The molecule has 0 aliphatic heterocycles. The van der Waals surface area contributed by atoms with Crippen LogP contribution in [0, 0.1) is 0 Å². The lowest BCUT2D eigenvalue weighted by Gasteiger charge is -1.98. The fraction of sp³-hybridized carbons (Fsp3) is 0.125. The van der Waals surface area contributed by atoms with Crippen molar-refractivity contribution in [3.63, 3.8) is 0 Å². The number of guanidine groups is 1. The van der Waals surface area contributed by atoms with E-state index in [-0.39, 0.29) is 18.1 Å². The van der Waals surface area contributed by atoms with Gasteiger partial charge in [-0.3, -0.25) is 0 Å². The second-order valence-electron chi connectivity index (χ2n) is 2.47. The molecule has 3 nitrogen and oxygen atoms in total. The fourth-order valence-corrected chi connectivity index (χ4v) is 1.20. The Bertz CT molecular complexity index is 310. The number of aliphatic imine (C=N–C) groups is 1. The van der Waals surface area contributed by atoms with E-state index >= 15 is 0 Å². The van der Waals surface area contributed by atoms with Gasteiger partial charge in [-0.05, 0) is 17.7 Å². The zero-order valence-corrected chi connectivity index (χ0v) is 7.72. The summed E-state index contributed by atoms with van der Waals surface area (Å²) in [7, 11) is 0. The molecule has 4 N–H and O–H groups in total. The number of nitrogens with two attached hydrogens (primary N) is 2. The lowest BCUT2D eigenvalue weighted by Crippen LogP contribution is -2.22. The van der Waals surface area contributed by atoms with Crippen LogP contribution in [0.25, 0.3) is 0 Å². The minimum Gasteiger partial charge on any atom is -0.370 e. The van der Waals surface area contributed by atoms with Gasteiger partial charge in [0, 0.05) is 4.90 Å². The minimum absolute atomic E-state index is 0.0401. The van der Waals surface area contributed by atoms with Crippen molar-refractivity contribution in [3.8, 4) is 0 Å². The molecule has 0 saturated carbocycles. The predicted octanol–water partition coefficient (Wildman–Crippen LogP) is 1.44. The molecule has 0 aliphatic carbocycles. The van der Waals surface area contributed by atoms with Gasteiger partial charge < -0.3 is 11.5 Å². The molecule has 0 spiro atoms. The number of hydrogen-bond donors (Lipinski definition) is 2. The van der Waals surface area contributed by atoms with E-state index < -0.39 is 0 Å². The first-order valence-corrected chi connectivity index (χ1v) is 4.37. The van der Waals surface area contributed by atoms with Crippen LogP contribution in [-0.4, -0.2) is 5.96 Å². The first-order chi connectivity index (χ1) is 6.22. The summed E-state index contributed by atoms with van der Waals surface area (Å²) in [4.78, 5) is 4.37. The molecule has 13 heavy (non-hydrogen) atoms. The van der Waals surface area contributed by atoms with Crippen molar-refractivity contribution in [1.29, 1.82) is 0 Å². The summed E-state index contributed by atoms with van der Waals surface area (Å²) in [5, 5.41) is 0. The molecule has 0 radical (unpaired) electrons. The predicted molar refractivity (Wildman–Crippen MR) is 52.9 cm³/mol. The SMILES string of the molecule is NC(N)=NCc1cccc(SF)c1. The molecule has 0 bridgehead atoms. The Morgan fingerprint density at radius 1 is 1.46 bits per heavy atom. The van der Waals surface area contributed by atoms with Gasteiger partial charge in [0.25, 0.3) is 0 Å². The smallest absolute Gasteiger partial charge is 0.186 e. The second-order valence-corrected chi connectivity index (χ2v) is 3.09. The van der Waals surface area contributed by atoms with Crippen LogP contribution in [0.15, 0.2) is 34.2 Å². The van der Waals surface area contributed by atoms with Crippen LogP contribution in [0.4, 0.5) is 3.89 Å². The molecule has 0 unspecified atom stereocenters. The summed E-state index contributed by atoms with van der Waals surface area (Å²) in [5.74, 6) is 0.0401. The molecule has 0 aromatic heterocycles. The van der Waals surface area contributed by atoms with Gasteiger partial charge in [-0.2, -0.15) is 3.89 Å². The lowest BCUT2D eigenvalue weighted by atomic mass is 10.2. The second kappa shape index (κ2) is 4.71. The standard InChI is InChI=1S/C8H10FN3S/c9-13-7-3-1-2-6(4-7)5-12-8(10)11/h1-4H,5H2,(H4,10,11,12). The third-order valence-electron chi connectivity index (χ3n) is 1.43. The maximum Gasteiger partial charge on any atom is 0.186 e. The van der Waals surface area contributed by atoms with E-state index in [0.29, 0.717) is 11.4 Å². The van der Waals surface area contributed by atoms with E-state index in [1.165, 1.54) is 0 Å². The van der Waals surface area contributed by atoms with Gasteiger partial charge in [0.05, 0.1) is 18.7 Å². The van der Waals surface area contributed by atoms with Crippen LogP contribution >= 0.6 is 12.1 Å². The summed E-state index contributed by atoms with van der Waals surface area (Å²) in [6.45, 7) is 0.386. The Hall–Kier alpha value is -1.23. The molecular weight excluding hydrogens is 189 g/mol. The van der Waals surface area contributed by atoms with E-state index in [1.54, 1.807) is 18.2 Å². The number of rotatable bonds is 3. The summed E-state index contributed by atoms with van der Waals surface area (Å²) in [6.07, 6.45) is 0. The Balaban J connectivity index is 2.72. The van der Waals surface area contributed by atoms with Crippen LogP contribution in [0.3, 0.4) is 0 Å². The van der Waals surface area contributed by atoms with Crippen molar-refractivity contribution in [2.24, 2.45) is 16.5 Å². The minimum atomic E-state index is 0.0401. The van der Waals surface area contributed by atoms with Gasteiger partial charge in [0.2, 0.25) is 0 Å². The Labute approximate surface area is 80.3 Å².